The van der Waals surface area contributed by atoms with Crippen LogP contribution in [-0.2, 0) is 0 Å². The molecule has 0 unspecified atom stereocenters. The van der Waals surface area contributed by atoms with E-state index in [2.05, 4.69) is 15.6 Å². The first-order chi connectivity index (χ1) is 15.6. The first kappa shape index (κ1) is 19.6. The Kier molecular flexibility index (Phi) is 4.92. The van der Waals surface area contributed by atoms with Gasteiger partial charge in [-0.05, 0) is 55.5 Å². The number of aromatic nitrogens is 1. The number of rotatable bonds is 4. The molecule has 1 heterocycles. The second-order valence-corrected chi connectivity index (χ2v) is 7.79. The van der Waals surface area contributed by atoms with Gasteiger partial charge in [0.05, 0.1) is 0 Å². The molecule has 0 aliphatic rings. The smallest absolute Gasteiger partial charge is 0.255 e. The number of fused-ring (bicyclic) bond motifs is 3. The van der Waals surface area contributed by atoms with Gasteiger partial charge in [-0.2, -0.15) is 0 Å². The molecule has 4 aromatic carbocycles. The van der Waals surface area contributed by atoms with Crippen LogP contribution >= 0.6 is 0 Å². The van der Waals surface area contributed by atoms with Crippen LogP contribution in [0, 0.1) is 6.92 Å². The fraction of sp³-hybridized carbons (Fsp3) is 0.0370. The van der Waals surface area contributed by atoms with E-state index in [4.69, 9.17) is 0 Å². The monoisotopic (exact) mass is 419 g/mol. The van der Waals surface area contributed by atoms with Gasteiger partial charge in [0.15, 0.2) is 0 Å². The fourth-order valence-electron chi connectivity index (χ4n) is 3.77. The minimum Gasteiger partial charge on any atom is -0.354 e. The summed E-state index contributed by atoms with van der Waals surface area (Å²) < 4.78 is 0. The zero-order valence-electron chi connectivity index (χ0n) is 17.5. The maximum Gasteiger partial charge on any atom is 0.255 e. The lowest BCUT2D eigenvalue weighted by molar-refractivity contribution is 0.101. The van der Waals surface area contributed by atoms with E-state index >= 15 is 0 Å². The number of anilines is 2. The summed E-state index contributed by atoms with van der Waals surface area (Å²) in [6.45, 7) is 1.99. The molecule has 0 atom stereocenters. The lowest BCUT2D eigenvalue weighted by Crippen LogP contribution is -2.11. The van der Waals surface area contributed by atoms with E-state index in [9.17, 15) is 9.59 Å². The maximum atomic E-state index is 12.5. The van der Waals surface area contributed by atoms with Crippen LogP contribution in [0.15, 0.2) is 91.0 Å². The highest BCUT2D eigenvalue weighted by Crippen LogP contribution is 2.29. The molecular weight excluding hydrogens is 398 g/mol. The molecule has 0 aliphatic carbocycles. The first-order valence-corrected chi connectivity index (χ1v) is 10.4. The summed E-state index contributed by atoms with van der Waals surface area (Å²) in [5, 5.41) is 7.99. The van der Waals surface area contributed by atoms with E-state index in [1.807, 2.05) is 85.8 Å². The number of hydrogen-bond donors (Lipinski definition) is 3. The van der Waals surface area contributed by atoms with E-state index in [-0.39, 0.29) is 11.8 Å². The van der Waals surface area contributed by atoms with Gasteiger partial charge in [0, 0.05) is 44.3 Å². The highest BCUT2D eigenvalue weighted by Gasteiger charge is 2.11. The van der Waals surface area contributed by atoms with Crippen LogP contribution < -0.4 is 10.6 Å². The van der Waals surface area contributed by atoms with Gasteiger partial charge in [-0.1, -0.05) is 48.0 Å². The second kappa shape index (κ2) is 8.04. The summed E-state index contributed by atoms with van der Waals surface area (Å²) in [6, 6.07) is 28.2. The van der Waals surface area contributed by atoms with Gasteiger partial charge in [0.1, 0.15) is 0 Å². The maximum absolute atomic E-state index is 12.5. The number of aryl methyl sites for hydroxylation is 1. The zero-order chi connectivity index (χ0) is 22.1. The molecular formula is C27H21N3O2. The van der Waals surface area contributed by atoms with E-state index < -0.39 is 0 Å². The molecule has 0 aliphatic heterocycles. The second-order valence-electron chi connectivity index (χ2n) is 7.79. The van der Waals surface area contributed by atoms with Crippen molar-refractivity contribution < 1.29 is 9.59 Å². The summed E-state index contributed by atoms with van der Waals surface area (Å²) in [7, 11) is 0. The number of carbonyl (C=O) groups is 2. The van der Waals surface area contributed by atoms with Gasteiger partial charge >= 0.3 is 0 Å². The summed E-state index contributed by atoms with van der Waals surface area (Å²) in [4.78, 5) is 28.4. The number of amides is 2. The first-order valence-electron chi connectivity index (χ1n) is 10.4. The highest BCUT2D eigenvalue weighted by atomic mass is 16.2. The Morgan fingerprint density at radius 1 is 0.625 bits per heavy atom. The van der Waals surface area contributed by atoms with E-state index in [0.717, 1.165) is 27.4 Å². The van der Waals surface area contributed by atoms with Gasteiger partial charge in [0.25, 0.3) is 11.8 Å². The Labute approximate surface area is 185 Å². The van der Waals surface area contributed by atoms with Crippen LogP contribution in [0.25, 0.3) is 21.8 Å². The van der Waals surface area contributed by atoms with Crippen LogP contribution in [0.2, 0.25) is 0 Å². The Balaban J connectivity index is 1.40. The van der Waals surface area contributed by atoms with Crippen molar-refractivity contribution in [3.8, 4) is 0 Å². The minimum atomic E-state index is -0.151. The Morgan fingerprint density at radius 2 is 1.12 bits per heavy atom. The SMILES string of the molecule is Cc1ccc(C(=O)Nc2ccc3c(c2)[nH]c2cc(NC(=O)c4ccccc4)ccc23)cc1. The molecule has 2 amide bonds. The molecule has 32 heavy (non-hydrogen) atoms. The van der Waals surface area contributed by atoms with Gasteiger partial charge in [-0.15, -0.1) is 0 Å². The van der Waals surface area contributed by atoms with Crippen molar-refractivity contribution in [1.82, 2.24) is 4.98 Å². The quantitative estimate of drug-likeness (QED) is 0.328. The van der Waals surface area contributed by atoms with E-state index in [1.165, 1.54) is 0 Å². The number of H-pyrrole nitrogens is 1. The highest BCUT2D eigenvalue weighted by molar-refractivity contribution is 6.11. The number of carbonyl (C=O) groups excluding carboxylic acids is 2. The Morgan fingerprint density at radius 3 is 1.66 bits per heavy atom. The predicted octanol–water partition coefficient (Wildman–Crippen LogP) is 6.13. The third kappa shape index (κ3) is 3.84. The average Bonchev–Trinajstić information content (AvgIpc) is 3.17. The molecule has 5 nitrogen and oxygen atoms in total. The Hall–Kier alpha value is -4.38. The molecule has 0 bridgehead atoms. The molecule has 0 spiro atoms. The molecule has 5 aromatic rings. The normalized spacial score (nSPS) is 10.9. The number of aromatic amines is 1. The molecule has 156 valence electrons. The summed E-state index contributed by atoms with van der Waals surface area (Å²) in [5.74, 6) is -0.298. The molecule has 3 N–H and O–H groups in total. The molecule has 5 rings (SSSR count). The van der Waals surface area contributed by atoms with Crippen molar-refractivity contribution >= 4 is 45.0 Å². The molecule has 0 fully saturated rings. The summed E-state index contributed by atoms with van der Waals surface area (Å²) in [6.07, 6.45) is 0. The van der Waals surface area contributed by atoms with Crippen LogP contribution in [-0.4, -0.2) is 16.8 Å². The van der Waals surface area contributed by atoms with Crippen molar-refractivity contribution in [2.75, 3.05) is 10.6 Å². The zero-order valence-corrected chi connectivity index (χ0v) is 17.5. The minimum absolute atomic E-state index is 0.147. The summed E-state index contributed by atoms with van der Waals surface area (Å²) in [5.41, 5.74) is 5.59. The van der Waals surface area contributed by atoms with Crippen molar-refractivity contribution in [2.45, 2.75) is 6.92 Å². The van der Waals surface area contributed by atoms with E-state index in [0.29, 0.717) is 22.5 Å². The average molecular weight is 419 g/mol. The molecule has 5 heteroatoms. The molecule has 1 aromatic heterocycles. The van der Waals surface area contributed by atoms with Crippen LogP contribution in [0.3, 0.4) is 0 Å². The predicted molar refractivity (Wildman–Crippen MR) is 129 cm³/mol. The van der Waals surface area contributed by atoms with Crippen LogP contribution in [0.1, 0.15) is 26.3 Å². The molecule has 0 radical (unpaired) electrons. The third-order valence-corrected chi connectivity index (χ3v) is 5.46. The number of nitrogens with one attached hydrogen (secondary N) is 3. The lowest BCUT2D eigenvalue weighted by Gasteiger charge is -2.06. The molecule has 0 saturated heterocycles. The summed E-state index contributed by atoms with van der Waals surface area (Å²) >= 11 is 0. The van der Waals surface area contributed by atoms with Gasteiger partial charge in [-0.25, -0.2) is 0 Å². The van der Waals surface area contributed by atoms with Crippen molar-refractivity contribution in [2.24, 2.45) is 0 Å². The fourth-order valence-corrected chi connectivity index (χ4v) is 3.77. The van der Waals surface area contributed by atoms with Gasteiger partial charge in [0.2, 0.25) is 0 Å². The third-order valence-electron chi connectivity index (χ3n) is 5.46. The van der Waals surface area contributed by atoms with Crippen molar-refractivity contribution in [3.05, 3.63) is 108 Å². The van der Waals surface area contributed by atoms with Gasteiger partial charge < -0.3 is 15.6 Å². The van der Waals surface area contributed by atoms with Crippen LogP contribution in [0.4, 0.5) is 11.4 Å². The molecule has 0 saturated carbocycles. The standard InChI is InChI=1S/C27H21N3O2/c1-17-7-9-19(10-8-17)27(32)29-21-12-14-23-22-13-11-20(15-24(22)30-25(23)16-21)28-26(31)18-5-3-2-4-6-18/h2-16,30H,1H3,(H,28,31)(H,29,32). The largest absolute Gasteiger partial charge is 0.354 e. The van der Waals surface area contributed by atoms with Crippen molar-refractivity contribution in [1.29, 1.82) is 0 Å². The van der Waals surface area contributed by atoms with E-state index in [1.54, 1.807) is 12.1 Å². The van der Waals surface area contributed by atoms with Crippen LogP contribution in [0.5, 0.6) is 0 Å². The lowest BCUT2D eigenvalue weighted by atomic mass is 10.1. The number of benzene rings is 4. The number of hydrogen-bond acceptors (Lipinski definition) is 2. The Bertz CT molecular complexity index is 1450. The van der Waals surface area contributed by atoms with Crippen molar-refractivity contribution in [3.63, 3.8) is 0 Å². The van der Waals surface area contributed by atoms with Gasteiger partial charge in [-0.3, -0.25) is 9.59 Å². The topological polar surface area (TPSA) is 74.0 Å².